The van der Waals surface area contributed by atoms with E-state index in [0.29, 0.717) is 6.29 Å². The Morgan fingerprint density at radius 2 is 1.78 bits per heavy atom. The second-order valence-corrected chi connectivity index (χ2v) is 2.11. The SMILES string of the molecule is O=[C]C1(F)CCC1(F)F. The van der Waals surface area contributed by atoms with E-state index < -0.39 is 24.4 Å². The molecule has 0 aromatic rings. The predicted octanol–water partition coefficient (Wildman–Crippen LogP) is 1.23. The zero-order valence-corrected chi connectivity index (χ0v) is 4.46. The maximum Gasteiger partial charge on any atom is 0.289 e. The van der Waals surface area contributed by atoms with E-state index in [1.165, 1.54) is 0 Å². The Morgan fingerprint density at radius 1 is 1.22 bits per heavy atom. The number of carbonyl (C=O) groups excluding carboxylic acids is 1. The van der Waals surface area contributed by atoms with Gasteiger partial charge >= 0.3 is 0 Å². The van der Waals surface area contributed by atoms with E-state index in [0.717, 1.165) is 0 Å². The van der Waals surface area contributed by atoms with Gasteiger partial charge in [-0.05, 0) is 0 Å². The lowest BCUT2D eigenvalue weighted by molar-refractivity contribution is -0.174. The normalized spacial score (nSPS) is 39.4. The molecule has 1 rings (SSSR count). The molecule has 1 atom stereocenters. The largest absolute Gasteiger partial charge is 0.289 e. The molecule has 9 heavy (non-hydrogen) atoms. The van der Waals surface area contributed by atoms with Crippen LogP contribution in [0.4, 0.5) is 13.2 Å². The van der Waals surface area contributed by atoms with Gasteiger partial charge < -0.3 is 0 Å². The Balaban J connectivity index is 2.73. The molecule has 0 N–H and O–H groups in total. The van der Waals surface area contributed by atoms with E-state index in [2.05, 4.69) is 0 Å². The fraction of sp³-hybridized carbons (Fsp3) is 0.800. The first-order valence-corrected chi connectivity index (χ1v) is 2.48. The molecule has 1 fully saturated rings. The first-order chi connectivity index (χ1) is 4.02. The van der Waals surface area contributed by atoms with Crippen LogP contribution < -0.4 is 0 Å². The summed E-state index contributed by atoms with van der Waals surface area (Å²) in [5, 5.41) is 0. The number of halogens is 3. The summed E-state index contributed by atoms with van der Waals surface area (Å²) in [5.41, 5.74) is -2.98. The number of rotatable bonds is 1. The highest BCUT2D eigenvalue weighted by atomic mass is 19.3. The molecule has 0 aromatic carbocycles. The minimum Gasteiger partial charge on any atom is -0.287 e. The van der Waals surface area contributed by atoms with Gasteiger partial charge in [-0.15, -0.1) is 0 Å². The van der Waals surface area contributed by atoms with Crippen molar-refractivity contribution in [1.82, 2.24) is 0 Å². The Labute approximate surface area is 49.9 Å². The fourth-order valence-corrected chi connectivity index (χ4v) is 0.659. The van der Waals surface area contributed by atoms with Crippen molar-refractivity contribution < 1.29 is 18.0 Å². The number of alkyl halides is 3. The lowest BCUT2D eigenvalue weighted by atomic mass is 9.79. The molecular weight excluding hydrogens is 133 g/mol. The summed E-state index contributed by atoms with van der Waals surface area (Å²) >= 11 is 0. The molecule has 0 amide bonds. The van der Waals surface area contributed by atoms with Crippen LogP contribution in [-0.4, -0.2) is 17.9 Å². The van der Waals surface area contributed by atoms with Crippen LogP contribution in [0.15, 0.2) is 0 Å². The molecule has 1 saturated carbocycles. The monoisotopic (exact) mass is 137 g/mol. The van der Waals surface area contributed by atoms with E-state index in [4.69, 9.17) is 0 Å². The highest BCUT2D eigenvalue weighted by Gasteiger charge is 2.64. The first-order valence-electron chi connectivity index (χ1n) is 2.48. The number of hydrogen-bond donors (Lipinski definition) is 0. The molecule has 1 aliphatic carbocycles. The van der Waals surface area contributed by atoms with Crippen molar-refractivity contribution in [1.29, 1.82) is 0 Å². The molecule has 0 aromatic heterocycles. The molecule has 0 bridgehead atoms. The maximum absolute atomic E-state index is 12.2. The number of hydrogen-bond acceptors (Lipinski definition) is 1. The second-order valence-electron chi connectivity index (χ2n) is 2.11. The Kier molecular flexibility index (Phi) is 1.09. The lowest BCUT2D eigenvalue weighted by Gasteiger charge is -2.37. The van der Waals surface area contributed by atoms with Crippen LogP contribution in [-0.2, 0) is 4.79 Å². The van der Waals surface area contributed by atoms with E-state index in [1.807, 2.05) is 0 Å². The average molecular weight is 137 g/mol. The van der Waals surface area contributed by atoms with E-state index >= 15 is 0 Å². The van der Waals surface area contributed by atoms with Gasteiger partial charge in [-0.2, -0.15) is 0 Å². The predicted molar refractivity (Wildman–Crippen MR) is 23.7 cm³/mol. The van der Waals surface area contributed by atoms with Gasteiger partial charge in [-0.1, -0.05) is 0 Å². The van der Waals surface area contributed by atoms with Crippen LogP contribution in [0.25, 0.3) is 0 Å². The quantitative estimate of drug-likeness (QED) is 0.531. The van der Waals surface area contributed by atoms with Crippen LogP contribution in [0.2, 0.25) is 0 Å². The van der Waals surface area contributed by atoms with Gasteiger partial charge in [-0.25, -0.2) is 13.2 Å². The van der Waals surface area contributed by atoms with E-state index in [9.17, 15) is 18.0 Å². The summed E-state index contributed by atoms with van der Waals surface area (Å²) < 4.78 is 36.1. The molecule has 0 spiro atoms. The highest BCUT2D eigenvalue weighted by Crippen LogP contribution is 2.48. The smallest absolute Gasteiger partial charge is 0.287 e. The molecule has 1 unspecified atom stereocenters. The summed E-state index contributed by atoms with van der Waals surface area (Å²) in [5.74, 6) is -3.46. The Hall–Kier alpha value is -0.540. The maximum atomic E-state index is 12.2. The zero-order chi connectivity index (χ0) is 7.12. The third kappa shape index (κ3) is 0.653. The molecule has 0 heterocycles. The Morgan fingerprint density at radius 3 is 1.78 bits per heavy atom. The minimum atomic E-state index is -3.46. The van der Waals surface area contributed by atoms with Crippen molar-refractivity contribution in [3.05, 3.63) is 0 Å². The van der Waals surface area contributed by atoms with Crippen molar-refractivity contribution >= 4 is 6.29 Å². The van der Waals surface area contributed by atoms with Crippen LogP contribution >= 0.6 is 0 Å². The summed E-state index contributed by atoms with van der Waals surface area (Å²) in [6.07, 6.45) is -0.241. The van der Waals surface area contributed by atoms with Gasteiger partial charge in [0.15, 0.2) is 0 Å². The molecule has 4 heteroatoms. The average Bonchev–Trinajstić information content (AvgIpc) is 1.84. The van der Waals surface area contributed by atoms with Gasteiger partial charge in [0, 0.05) is 12.8 Å². The zero-order valence-electron chi connectivity index (χ0n) is 4.46. The van der Waals surface area contributed by atoms with Gasteiger partial charge in [0.1, 0.15) is 0 Å². The highest BCUT2D eigenvalue weighted by molar-refractivity contribution is 5.67. The molecular formula is C5H4F3O. The molecule has 1 nitrogen and oxygen atoms in total. The van der Waals surface area contributed by atoms with E-state index in [-0.39, 0.29) is 0 Å². The van der Waals surface area contributed by atoms with Gasteiger partial charge in [0.25, 0.3) is 5.92 Å². The van der Waals surface area contributed by atoms with Gasteiger partial charge in [-0.3, -0.25) is 4.79 Å². The van der Waals surface area contributed by atoms with Crippen LogP contribution in [0.5, 0.6) is 0 Å². The van der Waals surface area contributed by atoms with Crippen molar-refractivity contribution in [2.24, 2.45) is 0 Å². The summed E-state index contributed by atoms with van der Waals surface area (Å²) in [6, 6.07) is 0. The van der Waals surface area contributed by atoms with Crippen molar-refractivity contribution in [2.75, 3.05) is 0 Å². The summed E-state index contributed by atoms with van der Waals surface area (Å²) in [6.45, 7) is 0. The van der Waals surface area contributed by atoms with E-state index in [1.54, 1.807) is 0 Å². The van der Waals surface area contributed by atoms with Crippen LogP contribution in [0.1, 0.15) is 12.8 Å². The van der Waals surface area contributed by atoms with Crippen molar-refractivity contribution in [2.45, 2.75) is 24.4 Å². The standard InChI is InChI=1S/C5H4F3O/c6-4(3-9)1-2-5(4,7)8/h1-2H2. The molecule has 0 saturated heterocycles. The summed E-state index contributed by atoms with van der Waals surface area (Å²) in [4.78, 5) is 9.54. The third-order valence-electron chi connectivity index (χ3n) is 1.53. The summed E-state index contributed by atoms with van der Waals surface area (Å²) in [7, 11) is 0. The lowest BCUT2D eigenvalue weighted by Crippen LogP contribution is -2.55. The Bertz CT molecular complexity index is 145. The van der Waals surface area contributed by atoms with Gasteiger partial charge in [0.05, 0.1) is 0 Å². The fourth-order valence-electron chi connectivity index (χ4n) is 0.659. The topological polar surface area (TPSA) is 17.1 Å². The van der Waals surface area contributed by atoms with Crippen LogP contribution in [0.3, 0.4) is 0 Å². The van der Waals surface area contributed by atoms with Crippen molar-refractivity contribution in [3.8, 4) is 0 Å². The minimum absolute atomic E-state index is 0.399. The molecule has 0 aliphatic heterocycles. The molecule has 1 radical (unpaired) electrons. The van der Waals surface area contributed by atoms with Crippen molar-refractivity contribution in [3.63, 3.8) is 0 Å². The van der Waals surface area contributed by atoms with Gasteiger partial charge in [0.2, 0.25) is 12.0 Å². The molecule has 51 valence electrons. The second kappa shape index (κ2) is 1.49. The first kappa shape index (κ1) is 6.58. The van der Waals surface area contributed by atoms with Crippen LogP contribution in [0, 0.1) is 0 Å². The third-order valence-corrected chi connectivity index (χ3v) is 1.53. The molecule has 1 aliphatic rings.